The summed E-state index contributed by atoms with van der Waals surface area (Å²) in [5.74, 6) is 0. The fourth-order valence-corrected chi connectivity index (χ4v) is 0.526. The van der Waals surface area contributed by atoms with Gasteiger partial charge in [0.15, 0.2) is 0 Å². The molecule has 0 aromatic heterocycles. The Balaban J connectivity index is 0.000000640. The molecule has 45 valence electrons. The monoisotopic (exact) mass is 195 g/mol. The van der Waals surface area contributed by atoms with E-state index in [-0.39, 0.29) is 32.7 Å². The van der Waals surface area contributed by atoms with Crippen LogP contribution in [0.4, 0.5) is 5.69 Å². The van der Waals surface area contributed by atoms with Crippen molar-refractivity contribution in [3.8, 4) is 0 Å². The van der Waals surface area contributed by atoms with Gasteiger partial charge in [-0.15, -0.1) is 11.6 Å². The molecule has 0 unspecified atom stereocenters. The van der Waals surface area contributed by atoms with E-state index in [1.54, 1.807) is 0 Å². The van der Waals surface area contributed by atoms with Crippen LogP contribution in [0.3, 0.4) is 0 Å². The molecule has 2 heteroatoms. The van der Waals surface area contributed by atoms with Crippen LogP contribution in [0.15, 0.2) is 18.2 Å². The Kier molecular flexibility index (Phi) is 4.08. The van der Waals surface area contributed by atoms with E-state index in [1.165, 1.54) is 0 Å². The number of nitrogen functional groups attached to an aromatic ring is 1. The molecular weight excluding hydrogens is 187 g/mol. The van der Waals surface area contributed by atoms with Crippen molar-refractivity contribution in [2.24, 2.45) is 0 Å². The normalized spacial score (nSPS) is 8.11. The summed E-state index contributed by atoms with van der Waals surface area (Å²) in [4.78, 5) is 0. The number of anilines is 1. The van der Waals surface area contributed by atoms with Crippen molar-refractivity contribution in [2.45, 2.75) is 6.92 Å². The number of benzene rings is 1. The molecule has 0 aliphatic heterocycles. The quantitative estimate of drug-likeness (QED) is 0.491. The van der Waals surface area contributed by atoms with Crippen molar-refractivity contribution in [3.05, 3.63) is 29.8 Å². The number of aryl methyl sites for hydroxylation is 1. The summed E-state index contributed by atoms with van der Waals surface area (Å²) in [7, 11) is 0. The van der Waals surface area contributed by atoms with E-state index < -0.39 is 0 Å². The van der Waals surface area contributed by atoms with E-state index in [4.69, 9.17) is 5.73 Å². The molecule has 0 heterocycles. The summed E-state index contributed by atoms with van der Waals surface area (Å²) < 4.78 is 0. The van der Waals surface area contributed by atoms with Gasteiger partial charge in [-0.3, -0.25) is 0 Å². The molecule has 0 amide bonds. The van der Waals surface area contributed by atoms with E-state index in [2.05, 4.69) is 6.07 Å². The van der Waals surface area contributed by atoms with Crippen LogP contribution in [0.5, 0.6) is 0 Å². The molecule has 0 bridgehead atoms. The van der Waals surface area contributed by atoms with Gasteiger partial charge < -0.3 is 5.73 Å². The van der Waals surface area contributed by atoms with Gasteiger partial charge in [0.05, 0.1) is 0 Å². The van der Waals surface area contributed by atoms with Crippen LogP contribution in [0, 0.1) is 13.0 Å². The molecule has 9 heavy (non-hydrogen) atoms. The number of hydrogen-bond donors (Lipinski definition) is 1. The van der Waals surface area contributed by atoms with Crippen molar-refractivity contribution >= 4 is 5.69 Å². The minimum atomic E-state index is 0. The van der Waals surface area contributed by atoms with Gasteiger partial charge in [-0.1, -0.05) is 12.6 Å². The zero-order valence-electron chi connectivity index (χ0n) is 5.39. The molecule has 1 aromatic rings. The van der Waals surface area contributed by atoms with Gasteiger partial charge >= 0.3 is 0 Å². The van der Waals surface area contributed by atoms with Crippen molar-refractivity contribution < 1.29 is 32.7 Å². The van der Waals surface area contributed by atoms with Crippen LogP contribution in [-0.2, 0) is 32.7 Å². The molecule has 2 N–H and O–H groups in total. The molecule has 1 aromatic carbocycles. The predicted octanol–water partition coefficient (Wildman–Crippen LogP) is 1.37. The Bertz CT molecular complexity index is 165. The first-order valence-corrected chi connectivity index (χ1v) is 2.53. The van der Waals surface area contributed by atoms with Crippen molar-refractivity contribution in [1.82, 2.24) is 0 Å². The summed E-state index contributed by atoms with van der Waals surface area (Å²) >= 11 is 0. The van der Waals surface area contributed by atoms with Gasteiger partial charge in [0.25, 0.3) is 0 Å². The fourth-order valence-electron chi connectivity index (χ4n) is 0.526. The Hall–Kier alpha value is 0.124. The number of hydrogen-bond acceptors (Lipinski definition) is 1. The van der Waals surface area contributed by atoms with Gasteiger partial charge in [-0.05, 0) is 0 Å². The molecule has 0 aliphatic rings. The minimum Gasteiger partial charge on any atom is -0.419 e. The van der Waals surface area contributed by atoms with Crippen LogP contribution >= 0.6 is 0 Å². The van der Waals surface area contributed by atoms with Gasteiger partial charge in [0.2, 0.25) is 0 Å². The fraction of sp³-hybridized carbons (Fsp3) is 0.143. The Morgan fingerprint density at radius 1 is 1.56 bits per heavy atom. The van der Waals surface area contributed by atoms with E-state index in [0.29, 0.717) is 0 Å². The smallest absolute Gasteiger partial charge is 0 e. The molecule has 0 spiro atoms. The molecule has 0 aliphatic carbocycles. The second-order valence-corrected chi connectivity index (χ2v) is 1.78. The maximum atomic E-state index is 5.50. The second kappa shape index (κ2) is 4.02. The average Bonchev–Trinajstić information content (AvgIpc) is 1.77. The molecule has 0 saturated carbocycles. The predicted molar refractivity (Wildman–Crippen MR) is 34.4 cm³/mol. The Labute approximate surface area is 80.5 Å². The zero-order valence-corrected chi connectivity index (χ0v) is 8.23. The Morgan fingerprint density at radius 2 is 2.22 bits per heavy atom. The summed E-state index contributed by atoms with van der Waals surface area (Å²) in [5, 5.41) is 0. The third-order valence-electron chi connectivity index (χ3n) is 1.11. The Morgan fingerprint density at radius 3 is 2.56 bits per heavy atom. The summed E-state index contributed by atoms with van der Waals surface area (Å²) in [5.41, 5.74) is 7.43. The van der Waals surface area contributed by atoms with Crippen LogP contribution in [0.25, 0.3) is 0 Å². The number of rotatable bonds is 0. The maximum Gasteiger partial charge on any atom is 0 e. The average molecular weight is 195 g/mol. The van der Waals surface area contributed by atoms with E-state index in [9.17, 15) is 0 Å². The molecule has 1 radical (unpaired) electrons. The van der Waals surface area contributed by atoms with Gasteiger partial charge in [-0.25, -0.2) is 0 Å². The molecule has 0 saturated heterocycles. The minimum absolute atomic E-state index is 0. The standard InChI is InChI=1S/C7H8N.Y/c1-6-4-2-3-5-7(6)8;/h3-5H,8H2,1H3;/q-1;. The summed E-state index contributed by atoms with van der Waals surface area (Å²) in [6.07, 6.45) is 0. The van der Waals surface area contributed by atoms with Crippen LogP contribution < -0.4 is 5.73 Å². The van der Waals surface area contributed by atoms with Gasteiger partial charge in [0.1, 0.15) is 0 Å². The van der Waals surface area contributed by atoms with Gasteiger partial charge in [0, 0.05) is 32.7 Å². The summed E-state index contributed by atoms with van der Waals surface area (Å²) in [6.45, 7) is 1.96. The zero-order chi connectivity index (χ0) is 5.98. The molecule has 0 fully saturated rings. The molecular formula is C7H8NY-. The number of nitrogens with two attached hydrogens (primary N) is 1. The van der Waals surface area contributed by atoms with Crippen molar-refractivity contribution in [1.29, 1.82) is 0 Å². The van der Waals surface area contributed by atoms with Crippen molar-refractivity contribution in [3.63, 3.8) is 0 Å². The van der Waals surface area contributed by atoms with E-state index in [1.807, 2.05) is 25.1 Å². The van der Waals surface area contributed by atoms with Crippen LogP contribution in [0.1, 0.15) is 5.56 Å². The van der Waals surface area contributed by atoms with Crippen molar-refractivity contribution in [2.75, 3.05) is 5.73 Å². The van der Waals surface area contributed by atoms with Gasteiger partial charge in [-0.2, -0.15) is 18.2 Å². The van der Waals surface area contributed by atoms with Crippen LogP contribution in [-0.4, -0.2) is 0 Å². The van der Waals surface area contributed by atoms with Crippen LogP contribution in [0.2, 0.25) is 0 Å². The third kappa shape index (κ3) is 2.46. The molecule has 0 atom stereocenters. The van der Waals surface area contributed by atoms with E-state index >= 15 is 0 Å². The second-order valence-electron chi connectivity index (χ2n) is 1.78. The first kappa shape index (κ1) is 9.12. The molecule has 1 nitrogen and oxygen atoms in total. The largest absolute Gasteiger partial charge is 0.419 e. The maximum absolute atomic E-state index is 5.50. The SMILES string of the molecule is Cc1c[c-]ccc1N.[Y]. The molecule has 1 rings (SSSR count). The first-order valence-electron chi connectivity index (χ1n) is 2.53. The third-order valence-corrected chi connectivity index (χ3v) is 1.11. The topological polar surface area (TPSA) is 26.0 Å². The summed E-state index contributed by atoms with van der Waals surface area (Å²) in [6, 6.07) is 8.44. The van der Waals surface area contributed by atoms with E-state index in [0.717, 1.165) is 11.3 Å². The first-order chi connectivity index (χ1) is 3.80.